The van der Waals surface area contributed by atoms with Gasteiger partial charge < -0.3 is 5.32 Å². The summed E-state index contributed by atoms with van der Waals surface area (Å²) in [6, 6.07) is 6.29. The van der Waals surface area contributed by atoms with E-state index in [1.165, 1.54) is 17.5 Å². The molecule has 3 rings (SSSR count). The van der Waals surface area contributed by atoms with Gasteiger partial charge in [-0.2, -0.15) is 5.10 Å². The molecule has 0 fully saturated rings. The molecule has 0 aliphatic heterocycles. The number of fused-ring (bicyclic) bond motifs is 1. The first kappa shape index (κ1) is 13.9. The van der Waals surface area contributed by atoms with Crippen LogP contribution in [0, 0.1) is 13.8 Å². The Bertz CT molecular complexity index is 673. The molecular weight excluding hydrogens is 262 g/mol. The van der Waals surface area contributed by atoms with Crippen LogP contribution in [-0.2, 0) is 19.4 Å². The normalized spacial score (nSPS) is 13.8. The van der Waals surface area contributed by atoms with E-state index in [1.807, 2.05) is 0 Å². The number of carbonyl (C=O) groups excluding carboxylic acids is 1. The van der Waals surface area contributed by atoms with Gasteiger partial charge in [0.15, 0.2) is 5.69 Å². The van der Waals surface area contributed by atoms with Crippen LogP contribution in [0.5, 0.6) is 0 Å². The number of benzene rings is 1. The number of hydrogen-bond acceptors (Lipinski definition) is 2. The lowest BCUT2D eigenvalue weighted by atomic mass is 9.96. The van der Waals surface area contributed by atoms with Crippen molar-refractivity contribution >= 4 is 5.91 Å². The number of rotatable bonds is 3. The zero-order valence-electron chi connectivity index (χ0n) is 12.6. The number of carbonyl (C=O) groups is 1. The number of hydrogen-bond donors (Lipinski definition) is 2. The van der Waals surface area contributed by atoms with Crippen molar-refractivity contribution in [3.63, 3.8) is 0 Å². The molecule has 1 aromatic carbocycles. The molecule has 2 aromatic rings. The molecule has 4 heteroatoms. The molecule has 1 aromatic heterocycles. The standard InChI is InChI=1S/C17H21N3O/c1-11-7-8-13(12(2)9-11)10-18-17(21)16-14-5-3-4-6-15(14)19-20-16/h7-9H,3-6,10H2,1-2H3,(H,18,21)(H,19,20). The van der Waals surface area contributed by atoms with Crippen molar-refractivity contribution in [2.75, 3.05) is 0 Å². The van der Waals surface area contributed by atoms with Crippen LogP contribution in [-0.4, -0.2) is 16.1 Å². The summed E-state index contributed by atoms with van der Waals surface area (Å²) >= 11 is 0. The van der Waals surface area contributed by atoms with Crippen molar-refractivity contribution in [3.8, 4) is 0 Å². The number of aromatic nitrogens is 2. The minimum Gasteiger partial charge on any atom is -0.347 e. The minimum absolute atomic E-state index is 0.0747. The summed E-state index contributed by atoms with van der Waals surface area (Å²) < 4.78 is 0. The summed E-state index contributed by atoms with van der Waals surface area (Å²) in [5.74, 6) is -0.0747. The number of aryl methyl sites for hydroxylation is 3. The minimum atomic E-state index is -0.0747. The van der Waals surface area contributed by atoms with E-state index < -0.39 is 0 Å². The summed E-state index contributed by atoms with van der Waals surface area (Å²) in [4.78, 5) is 12.3. The number of nitrogens with zero attached hydrogens (tertiary/aromatic N) is 1. The van der Waals surface area contributed by atoms with Crippen LogP contribution >= 0.6 is 0 Å². The third-order valence-electron chi connectivity index (χ3n) is 4.21. The van der Waals surface area contributed by atoms with Crippen LogP contribution in [0.25, 0.3) is 0 Å². The summed E-state index contributed by atoms with van der Waals surface area (Å²) in [6.07, 6.45) is 4.29. The Morgan fingerprint density at radius 1 is 1.29 bits per heavy atom. The third kappa shape index (κ3) is 2.84. The Morgan fingerprint density at radius 2 is 2.10 bits per heavy atom. The fraction of sp³-hybridized carbons (Fsp3) is 0.412. The van der Waals surface area contributed by atoms with E-state index in [-0.39, 0.29) is 5.91 Å². The van der Waals surface area contributed by atoms with Gasteiger partial charge in [-0.3, -0.25) is 9.89 Å². The topological polar surface area (TPSA) is 57.8 Å². The smallest absolute Gasteiger partial charge is 0.272 e. The molecule has 1 aliphatic carbocycles. The van der Waals surface area contributed by atoms with Gasteiger partial charge >= 0.3 is 0 Å². The van der Waals surface area contributed by atoms with Crippen molar-refractivity contribution in [2.45, 2.75) is 46.1 Å². The summed E-state index contributed by atoms with van der Waals surface area (Å²) in [5.41, 5.74) is 6.42. The highest BCUT2D eigenvalue weighted by molar-refractivity contribution is 5.94. The second-order valence-electron chi connectivity index (χ2n) is 5.85. The lowest BCUT2D eigenvalue weighted by molar-refractivity contribution is 0.0945. The van der Waals surface area contributed by atoms with Gasteiger partial charge in [0.2, 0.25) is 0 Å². The second kappa shape index (κ2) is 5.72. The largest absolute Gasteiger partial charge is 0.347 e. The Kier molecular flexibility index (Phi) is 3.78. The molecule has 0 atom stereocenters. The summed E-state index contributed by atoms with van der Waals surface area (Å²) in [5, 5.41) is 10.2. The zero-order valence-corrected chi connectivity index (χ0v) is 12.6. The maximum absolute atomic E-state index is 12.3. The molecule has 4 nitrogen and oxygen atoms in total. The predicted octanol–water partition coefficient (Wildman–Crippen LogP) is 2.84. The molecule has 1 aliphatic rings. The van der Waals surface area contributed by atoms with Crippen LogP contribution < -0.4 is 5.32 Å². The maximum Gasteiger partial charge on any atom is 0.272 e. The molecule has 0 saturated carbocycles. The van der Waals surface area contributed by atoms with Gasteiger partial charge in [0.25, 0.3) is 5.91 Å². The first-order chi connectivity index (χ1) is 10.1. The molecule has 0 spiro atoms. The van der Waals surface area contributed by atoms with Crippen molar-refractivity contribution in [3.05, 3.63) is 51.8 Å². The van der Waals surface area contributed by atoms with Gasteiger partial charge in [-0.25, -0.2) is 0 Å². The van der Waals surface area contributed by atoms with Crippen LogP contribution in [0.1, 0.15) is 51.3 Å². The van der Waals surface area contributed by atoms with Crippen LogP contribution in [0.15, 0.2) is 18.2 Å². The highest BCUT2D eigenvalue weighted by Crippen LogP contribution is 2.22. The lowest BCUT2D eigenvalue weighted by Gasteiger charge is -2.12. The molecule has 110 valence electrons. The highest BCUT2D eigenvalue weighted by atomic mass is 16.1. The first-order valence-electron chi connectivity index (χ1n) is 7.55. The Morgan fingerprint density at radius 3 is 2.90 bits per heavy atom. The van der Waals surface area contributed by atoms with E-state index in [0.29, 0.717) is 12.2 Å². The quantitative estimate of drug-likeness (QED) is 0.910. The van der Waals surface area contributed by atoms with Gasteiger partial charge in [0, 0.05) is 17.8 Å². The number of amides is 1. The average molecular weight is 283 g/mol. The fourth-order valence-electron chi connectivity index (χ4n) is 2.97. The fourth-order valence-corrected chi connectivity index (χ4v) is 2.97. The molecule has 0 bridgehead atoms. The van der Waals surface area contributed by atoms with Crippen LogP contribution in [0.4, 0.5) is 0 Å². The first-order valence-corrected chi connectivity index (χ1v) is 7.55. The second-order valence-corrected chi connectivity index (χ2v) is 5.85. The van der Waals surface area contributed by atoms with E-state index >= 15 is 0 Å². The van der Waals surface area contributed by atoms with E-state index in [2.05, 4.69) is 47.6 Å². The summed E-state index contributed by atoms with van der Waals surface area (Å²) in [7, 11) is 0. The third-order valence-corrected chi connectivity index (χ3v) is 4.21. The summed E-state index contributed by atoms with van der Waals surface area (Å²) in [6.45, 7) is 4.70. The number of aromatic amines is 1. The van der Waals surface area contributed by atoms with E-state index in [4.69, 9.17) is 0 Å². The van der Waals surface area contributed by atoms with E-state index in [9.17, 15) is 4.79 Å². The van der Waals surface area contributed by atoms with E-state index in [1.54, 1.807) is 0 Å². The van der Waals surface area contributed by atoms with Gasteiger partial charge in [0.05, 0.1) is 0 Å². The Labute approximate surface area is 125 Å². The van der Waals surface area contributed by atoms with Gasteiger partial charge in [0.1, 0.15) is 0 Å². The molecule has 21 heavy (non-hydrogen) atoms. The molecule has 2 N–H and O–H groups in total. The van der Waals surface area contributed by atoms with Crippen molar-refractivity contribution in [1.29, 1.82) is 0 Å². The van der Waals surface area contributed by atoms with Gasteiger partial charge in [-0.1, -0.05) is 23.8 Å². The SMILES string of the molecule is Cc1ccc(CNC(=O)c2n[nH]c3c2CCCC3)c(C)c1. The van der Waals surface area contributed by atoms with Crippen molar-refractivity contribution < 1.29 is 4.79 Å². The average Bonchev–Trinajstić information content (AvgIpc) is 2.90. The zero-order chi connectivity index (χ0) is 14.8. The molecule has 0 saturated heterocycles. The maximum atomic E-state index is 12.3. The predicted molar refractivity (Wildman–Crippen MR) is 82.3 cm³/mol. The Hall–Kier alpha value is -2.10. The number of H-pyrrole nitrogens is 1. The Balaban J connectivity index is 1.71. The molecule has 1 heterocycles. The van der Waals surface area contributed by atoms with E-state index in [0.717, 1.165) is 36.1 Å². The highest BCUT2D eigenvalue weighted by Gasteiger charge is 2.21. The van der Waals surface area contributed by atoms with Gasteiger partial charge in [-0.05, 0) is 50.7 Å². The van der Waals surface area contributed by atoms with Crippen molar-refractivity contribution in [2.24, 2.45) is 0 Å². The molecule has 0 unspecified atom stereocenters. The van der Waals surface area contributed by atoms with Crippen LogP contribution in [0.2, 0.25) is 0 Å². The lowest BCUT2D eigenvalue weighted by Crippen LogP contribution is -2.25. The van der Waals surface area contributed by atoms with Crippen molar-refractivity contribution in [1.82, 2.24) is 15.5 Å². The van der Waals surface area contributed by atoms with Gasteiger partial charge in [-0.15, -0.1) is 0 Å². The van der Waals surface area contributed by atoms with Crippen LogP contribution in [0.3, 0.4) is 0 Å². The molecular formula is C17H21N3O. The number of nitrogens with one attached hydrogen (secondary N) is 2. The monoisotopic (exact) mass is 283 g/mol. The molecule has 1 amide bonds. The molecule has 0 radical (unpaired) electrons.